The van der Waals surface area contributed by atoms with Crippen molar-refractivity contribution < 1.29 is 0 Å². The first-order valence-corrected chi connectivity index (χ1v) is 5.42. The lowest BCUT2D eigenvalue weighted by molar-refractivity contribution is 0.0853. The molecule has 3 saturated heterocycles. The number of piperidine rings is 3. The zero-order valence-corrected chi connectivity index (χ0v) is 9.49. The number of rotatable bonds is 1. The fourth-order valence-electron chi connectivity index (χ4n) is 2.80. The van der Waals surface area contributed by atoms with Gasteiger partial charge in [-0.1, -0.05) is 0 Å². The van der Waals surface area contributed by atoms with E-state index in [9.17, 15) is 0 Å². The van der Waals surface area contributed by atoms with Crippen LogP contribution in [-0.4, -0.2) is 34.5 Å². The fourth-order valence-corrected chi connectivity index (χ4v) is 2.80. The molecule has 82 valence electrons. The summed E-state index contributed by atoms with van der Waals surface area (Å²) in [5, 5.41) is 0. The van der Waals surface area contributed by atoms with Gasteiger partial charge in [-0.15, -0.1) is 12.4 Å². The van der Waals surface area contributed by atoms with Gasteiger partial charge in [0.15, 0.2) is 0 Å². The van der Waals surface area contributed by atoms with Gasteiger partial charge < -0.3 is 4.90 Å². The van der Waals surface area contributed by atoms with E-state index in [1.54, 1.807) is 6.20 Å². The maximum atomic E-state index is 4.43. The number of hydrogen-bond acceptors (Lipinski definition) is 3. The molecule has 1 aromatic rings. The Kier molecular flexibility index (Phi) is 3.22. The smallest absolute Gasteiger partial charge is 0.0633 e. The highest BCUT2D eigenvalue weighted by molar-refractivity contribution is 5.85. The molecule has 2 bridgehead atoms. The summed E-state index contributed by atoms with van der Waals surface area (Å²) in [7, 11) is 0. The SMILES string of the molecule is Cl.c1cnc(C2CN3CCC2CC3)cn1. The predicted molar refractivity (Wildman–Crippen MR) is 61.2 cm³/mol. The molecule has 0 radical (unpaired) electrons. The first-order valence-electron chi connectivity index (χ1n) is 5.42. The molecule has 3 nitrogen and oxygen atoms in total. The van der Waals surface area contributed by atoms with Crippen LogP contribution in [0.3, 0.4) is 0 Å². The third-order valence-corrected chi connectivity index (χ3v) is 3.62. The molecule has 0 aliphatic carbocycles. The molecule has 4 heteroatoms. The maximum Gasteiger partial charge on any atom is 0.0633 e. The summed E-state index contributed by atoms with van der Waals surface area (Å²) >= 11 is 0. The van der Waals surface area contributed by atoms with Gasteiger partial charge >= 0.3 is 0 Å². The second-order valence-electron chi connectivity index (χ2n) is 4.37. The van der Waals surface area contributed by atoms with Gasteiger partial charge in [0.25, 0.3) is 0 Å². The highest BCUT2D eigenvalue weighted by atomic mass is 35.5. The Bertz CT molecular complexity index is 309. The molecule has 1 aromatic heterocycles. The van der Waals surface area contributed by atoms with Gasteiger partial charge in [-0.2, -0.15) is 0 Å². The maximum absolute atomic E-state index is 4.43. The van der Waals surface area contributed by atoms with Crippen molar-refractivity contribution in [1.29, 1.82) is 0 Å². The molecule has 3 fully saturated rings. The minimum Gasteiger partial charge on any atom is -0.303 e. The van der Waals surface area contributed by atoms with Crippen LogP contribution in [0.2, 0.25) is 0 Å². The predicted octanol–water partition coefficient (Wildman–Crippen LogP) is 1.71. The molecule has 3 aliphatic rings. The number of aromatic nitrogens is 2. The number of halogens is 1. The van der Waals surface area contributed by atoms with Crippen LogP contribution >= 0.6 is 12.4 Å². The van der Waals surface area contributed by atoms with Crippen LogP contribution in [0.25, 0.3) is 0 Å². The lowest BCUT2D eigenvalue weighted by Gasteiger charge is -2.44. The molecule has 3 aliphatic heterocycles. The van der Waals surface area contributed by atoms with Crippen molar-refractivity contribution in [3.8, 4) is 0 Å². The number of nitrogens with zero attached hydrogens (tertiary/aromatic N) is 3. The molecule has 1 atom stereocenters. The van der Waals surface area contributed by atoms with E-state index in [0.29, 0.717) is 5.92 Å². The summed E-state index contributed by atoms with van der Waals surface area (Å²) in [4.78, 5) is 11.1. The summed E-state index contributed by atoms with van der Waals surface area (Å²) in [6.45, 7) is 3.78. The molecule has 0 amide bonds. The summed E-state index contributed by atoms with van der Waals surface area (Å²) < 4.78 is 0. The topological polar surface area (TPSA) is 29.0 Å². The number of hydrogen-bond donors (Lipinski definition) is 0. The molecule has 0 saturated carbocycles. The van der Waals surface area contributed by atoms with Crippen molar-refractivity contribution >= 4 is 12.4 Å². The van der Waals surface area contributed by atoms with Gasteiger partial charge in [-0.05, 0) is 31.8 Å². The second kappa shape index (κ2) is 4.45. The minimum atomic E-state index is 0. The molecule has 4 rings (SSSR count). The van der Waals surface area contributed by atoms with Crippen LogP contribution in [0.15, 0.2) is 18.6 Å². The lowest BCUT2D eigenvalue weighted by atomic mass is 9.77. The normalized spacial score (nSPS) is 33.5. The monoisotopic (exact) mass is 225 g/mol. The summed E-state index contributed by atoms with van der Waals surface area (Å²) in [6, 6.07) is 0. The van der Waals surface area contributed by atoms with Crippen LogP contribution in [0.5, 0.6) is 0 Å². The average Bonchev–Trinajstić information content (AvgIpc) is 2.32. The molecule has 0 aromatic carbocycles. The van der Waals surface area contributed by atoms with Crippen LogP contribution in [0.1, 0.15) is 24.5 Å². The summed E-state index contributed by atoms with van der Waals surface area (Å²) in [5.41, 5.74) is 1.20. The third kappa shape index (κ3) is 1.99. The second-order valence-corrected chi connectivity index (χ2v) is 4.37. The van der Waals surface area contributed by atoms with Crippen molar-refractivity contribution in [3.63, 3.8) is 0 Å². The molecule has 4 heterocycles. The zero-order valence-electron chi connectivity index (χ0n) is 8.67. The molecular formula is C11H16ClN3. The van der Waals surface area contributed by atoms with E-state index >= 15 is 0 Å². The Morgan fingerprint density at radius 2 is 2.00 bits per heavy atom. The Hall–Kier alpha value is -0.670. The lowest BCUT2D eigenvalue weighted by Crippen LogP contribution is -2.46. The van der Waals surface area contributed by atoms with Crippen molar-refractivity contribution in [1.82, 2.24) is 14.9 Å². The quantitative estimate of drug-likeness (QED) is 0.729. The minimum absolute atomic E-state index is 0. The van der Waals surface area contributed by atoms with E-state index in [4.69, 9.17) is 0 Å². The number of fused-ring (bicyclic) bond motifs is 3. The van der Waals surface area contributed by atoms with E-state index in [1.165, 1.54) is 38.2 Å². The van der Waals surface area contributed by atoms with Gasteiger partial charge in [-0.3, -0.25) is 9.97 Å². The summed E-state index contributed by atoms with van der Waals surface area (Å²) in [6.07, 6.45) is 8.20. The van der Waals surface area contributed by atoms with Gasteiger partial charge in [0.2, 0.25) is 0 Å². The first-order chi connectivity index (χ1) is 6.93. The zero-order chi connectivity index (χ0) is 9.38. The van der Waals surface area contributed by atoms with Crippen LogP contribution in [0.4, 0.5) is 0 Å². The molecule has 0 spiro atoms. The average molecular weight is 226 g/mol. The van der Waals surface area contributed by atoms with E-state index in [2.05, 4.69) is 14.9 Å². The van der Waals surface area contributed by atoms with E-state index in [1.807, 2.05) is 12.4 Å². The van der Waals surface area contributed by atoms with E-state index in [-0.39, 0.29) is 12.4 Å². The van der Waals surface area contributed by atoms with E-state index in [0.717, 1.165) is 5.92 Å². The standard InChI is InChI=1S/C11H15N3.ClH/c1-5-14-6-2-9(1)10(8-14)11-7-12-3-4-13-11;/h3-4,7,9-10H,1-2,5-6,8H2;1H. The van der Waals surface area contributed by atoms with Gasteiger partial charge in [0, 0.05) is 31.1 Å². The summed E-state index contributed by atoms with van der Waals surface area (Å²) in [5.74, 6) is 1.50. The highest BCUT2D eigenvalue weighted by Gasteiger charge is 2.35. The largest absolute Gasteiger partial charge is 0.303 e. The molecular weight excluding hydrogens is 210 g/mol. The van der Waals surface area contributed by atoms with Crippen molar-refractivity contribution in [2.24, 2.45) is 5.92 Å². The molecule has 15 heavy (non-hydrogen) atoms. The van der Waals surface area contributed by atoms with Crippen molar-refractivity contribution in [2.75, 3.05) is 19.6 Å². The molecule has 1 unspecified atom stereocenters. The third-order valence-electron chi connectivity index (χ3n) is 3.62. The van der Waals surface area contributed by atoms with Crippen molar-refractivity contribution in [3.05, 3.63) is 24.3 Å². The molecule has 0 N–H and O–H groups in total. The fraction of sp³-hybridized carbons (Fsp3) is 0.636. The van der Waals surface area contributed by atoms with Gasteiger partial charge in [-0.25, -0.2) is 0 Å². The Balaban J connectivity index is 0.000000853. The van der Waals surface area contributed by atoms with Crippen LogP contribution < -0.4 is 0 Å². The van der Waals surface area contributed by atoms with Gasteiger partial charge in [0.1, 0.15) is 0 Å². The first kappa shape index (κ1) is 10.8. The van der Waals surface area contributed by atoms with Gasteiger partial charge in [0.05, 0.1) is 5.69 Å². The van der Waals surface area contributed by atoms with Crippen LogP contribution in [0, 0.1) is 5.92 Å². The highest BCUT2D eigenvalue weighted by Crippen LogP contribution is 2.37. The van der Waals surface area contributed by atoms with Crippen LogP contribution in [-0.2, 0) is 0 Å². The van der Waals surface area contributed by atoms with E-state index < -0.39 is 0 Å². The van der Waals surface area contributed by atoms with Crippen molar-refractivity contribution in [2.45, 2.75) is 18.8 Å². The Labute approximate surface area is 96.3 Å². The Morgan fingerprint density at radius 3 is 2.53 bits per heavy atom. The Morgan fingerprint density at radius 1 is 1.20 bits per heavy atom.